The molecule has 1 aliphatic rings. The van der Waals surface area contributed by atoms with Crippen molar-refractivity contribution in [2.24, 2.45) is 5.41 Å². The van der Waals surface area contributed by atoms with Gasteiger partial charge in [-0.3, -0.25) is 0 Å². The molecule has 1 heterocycles. The van der Waals surface area contributed by atoms with Crippen LogP contribution in [0, 0.1) is 5.41 Å². The van der Waals surface area contributed by atoms with Gasteiger partial charge >= 0.3 is 0 Å². The van der Waals surface area contributed by atoms with E-state index in [0.717, 1.165) is 6.54 Å². The van der Waals surface area contributed by atoms with Crippen molar-refractivity contribution in [1.82, 2.24) is 5.32 Å². The molecule has 0 spiro atoms. The highest BCUT2D eigenvalue weighted by molar-refractivity contribution is 5.03. The molecule has 0 aromatic heterocycles. The van der Waals surface area contributed by atoms with Crippen LogP contribution in [0.2, 0.25) is 0 Å². The van der Waals surface area contributed by atoms with Crippen molar-refractivity contribution >= 4 is 0 Å². The number of rotatable bonds is 3. The summed E-state index contributed by atoms with van der Waals surface area (Å²) in [5.74, 6) is 0. The monoisotopic (exact) mass is 187 g/mol. The Morgan fingerprint density at radius 1 is 1.46 bits per heavy atom. The van der Waals surface area contributed by atoms with Crippen LogP contribution in [0.25, 0.3) is 0 Å². The fraction of sp³-hybridized carbons (Fsp3) is 1.00. The molecular weight excluding hydrogens is 166 g/mol. The van der Waals surface area contributed by atoms with Gasteiger partial charge in [0, 0.05) is 11.5 Å². The number of hydrogen-bond donors (Lipinski definition) is 2. The lowest BCUT2D eigenvalue weighted by atomic mass is 9.74. The fourth-order valence-electron chi connectivity index (χ4n) is 1.97. The van der Waals surface area contributed by atoms with Crippen LogP contribution in [0.5, 0.6) is 0 Å². The van der Waals surface area contributed by atoms with Gasteiger partial charge in [0.05, 0.1) is 13.2 Å². The van der Waals surface area contributed by atoms with E-state index < -0.39 is 5.60 Å². The van der Waals surface area contributed by atoms with Gasteiger partial charge in [-0.2, -0.15) is 0 Å². The largest absolute Gasteiger partial charge is 0.385 e. The molecule has 0 bridgehead atoms. The summed E-state index contributed by atoms with van der Waals surface area (Å²) in [7, 11) is 0. The minimum absolute atomic E-state index is 0.0787. The third-order valence-electron chi connectivity index (χ3n) is 3.18. The molecule has 3 heteroatoms. The highest BCUT2D eigenvalue weighted by atomic mass is 16.5. The first-order valence-electron chi connectivity index (χ1n) is 4.97. The van der Waals surface area contributed by atoms with E-state index in [4.69, 9.17) is 4.74 Å². The van der Waals surface area contributed by atoms with E-state index in [1.807, 2.05) is 27.7 Å². The highest BCUT2D eigenvalue weighted by Gasteiger charge is 2.52. The second-order valence-electron chi connectivity index (χ2n) is 4.58. The number of nitrogens with one attached hydrogen (secondary N) is 1. The summed E-state index contributed by atoms with van der Waals surface area (Å²) in [6.07, 6.45) is 0. The molecule has 3 nitrogen and oxygen atoms in total. The quantitative estimate of drug-likeness (QED) is 0.686. The summed E-state index contributed by atoms with van der Waals surface area (Å²) >= 11 is 0. The zero-order valence-electron chi connectivity index (χ0n) is 9.05. The van der Waals surface area contributed by atoms with Gasteiger partial charge in [0.2, 0.25) is 0 Å². The van der Waals surface area contributed by atoms with Crippen molar-refractivity contribution in [1.29, 1.82) is 0 Å². The van der Waals surface area contributed by atoms with E-state index in [-0.39, 0.29) is 11.5 Å². The molecule has 1 saturated heterocycles. The Morgan fingerprint density at radius 2 is 2.08 bits per heavy atom. The topological polar surface area (TPSA) is 41.5 Å². The third kappa shape index (κ3) is 1.73. The Balaban J connectivity index is 2.74. The Labute approximate surface area is 80.5 Å². The molecule has 1 rings (SSSR count). The SMILES string of the molecule is CCNC(C)C1(O)COCC1(C)C. The number of aliphatic hydroxyl groups is 1. The zero-order valence-corrected chi connectivity index (χ0v) is 9.05. The molecule has 1 aliphatic heterocycles. The van der Waals surface area contributed by atoms with Gasteiger partial charge in [-0.1, -0.05) is 20.8 Å². The van der Waals surface area contributed by atoms with Crippen molar-refractivity contribution < 1.29 is 9.84 Å². The first kappa shape index (κ1) is 11.0. The van der Waals surface area contributed by atoms with E-state index in [9.17, 15) is 5.11 Å². The number of likely N-dealkylation sites (N-methyl/N-ethyl adjacent to an activating group) is 1. The van der Waals surface area contributed by atoms with Crippen molar-refractivity contribution in [3.8, 4) is 0 Å². The summed E-state index contributed by atoms with van der Waals surface area (Å²) in [6.45, 7) is 10.1. The molecule has 0 saturated carbocycles. The lowest BCUT2D eigenvalue weighted by molar-refractivity contribution is -0.0585. The summed E-state index contributed by atoms with van der Waals surface area (Å²) < 4.78 is 5.35. The Bertz CT molecular complexity index is 182. The van der Waals surface area contributed by atoms with Gasteiger partial charge in [-0.05, 0) is 13.5 Å². The van der Waals surface area contributed by atoms with Crippen LogP contribution in [0.15, 0.2) is 0 Å². The molecule has 0 aromatic rings. The Kier molecular flexibility index (Phi) is 3.00. The molecule has 78 valence electrons. The van der Waals surface area contributed by atoms with E-state index in [2.05, 4.69) is 5.32 Å². The molecule has 1 fully saturated rings. The molecular formula is C10H21NO2. The number of ether oxygens (including phenoxy) is 1. The second kappa shape index (κ2) is 3.56. The Hall–Kier alpha value is -0.120. The average molecular weight is 187 g/mol. The van der Waals surface area contributed by atoms with Gasteiger partial charge in [0.15, 0.2) is 0 Å². The first-order chi connectivity index (χ1) is 5.94. The van der Waals surface area contributed by atoms with Crippen LogP contribution in [-0.4, -0.2) is 36.5 Å². The maximum Gasteiger partial charge on any atom is 0.110 e. The standard InChI is InChI=1S/C10H21NO2/c1-5-11-8(2)10(12)7-13-6-9(10,3)4/h8,11-12H,5-7H2,1-4H3. The van der Waals surface area contributed by atoms with Crippen molar-refractivity contribution in [3.63, 3.8) is 0 Å². The molecule has 13 heavy (non-hydrogen) atoms. The van der Waals surface area contributed by atoms with E-state index >= 15 is 0 Å². The maximum absolute atomic E-state index is 10.4. The molecule has 0 radical (unpaired) electrons. The zero-order chi connectivity index (χ0) is 10.1. The molecule has 0 aliphatic carbocycles. The molecule has 2 unspecified atom stereocenters. The minimum Gasteiger partial charge on any atom is -0.385 e. The Morgan fingerprint density at radius 3 is 2.46 bits per heavy atom. The molecule has 0 amide bonds. The van der Waals surface area contributed by atoms with Crippen LogP contribution >= 0.6 is 0 Å². The molecule has 0 aromatic carbocycles. The van der Waals surface area contributed by atoms with Gasteiger partial charge in [0.1, 0.15) is 5.60 Å². The van der Waals surface area contributed by atoms with Crippen molar-refractivity contribution in [2.45, 2.75) is 39.3 Å². The van der Waals surface area contributed by atoms with Crippen LogP contribution in [0.4, 0.5) is 0 Å². The lowest BCUT2D eigenvalue weighted by Gasteiger charge is -2.39. The number of hydrogen-bond acceptors (Lipinski definition) is 3. The van der Waals surface area contributed by atoms with Crippen LogP contribution in [0.1, 0.15) is 27.7 Å². The molecule has 2 N–H and O–H groups in total. The highest BCUT2D eigenvalue weighted by Crippen LogP contribution is 2.39. The molecule has 2 atom stereocenters. The predicted molar refractivity (Wildman–Crippen MR) is 52.7 cm³/mol. The summed E-state index contributed by atoms with van der Waals surface area (Å²) in [6, 6.07) is 0.0787. The van der Waals surface area contributed by atoms with Crippen molar-refractivity contribution in [2.75, 3.05) is 19.8 Å². The van der Waals surface area contributed by atoms with Crippen molar-refractivity contribution in [3.05, 3.63) is 0 Å². The summed E-state index contributed by atoms with van der Waals surface area (Å²) in [5.41, 5.74) is -0.891. The first-order valence-corrected chi connectivity index (χ1v) is 4.97. The fourth-order valence-corrected chi connectivity index (χ4v) is 1.97. The normalized spacial score (nSPS) is 34.8. The lowest BCUT2D eigenvalue weighted by Crippen LogP contribution is -2.57. The summed E-state index contributed by atoms with van der Waals surface area (Å²) in [4.78, 5) is 0. The average Bonchev–Trinajstić information content (AvgIpc) is 2.28. The van der Waals surface area contributed by atoms with Crippen LogP contribution in [-0.2, 0) is 4.74 Å². The minimum atomic E-state index is -0.733. The van der Waals surface area contributed by atoms with E-state index in [1.54, 1.807) is 0 Å². The third-order valence-corrected chi connectivity index (χ3v) is 3.18. The second-order valence-corrected chi connectivity index (χ2v) is 4.58. The van der Waals surface area contributed by atoms with E-state index in [1.165, 1.54) is 0 Å². The van der Waals surface area contributed by atoms with Crippen LogP contribution in [0.3, 0.4) is 0 Å². The van der Waals surface area contributed by atoms with Gasteiger partial charge in [-0.15, -0.1) is 0 Å². The van der Waals surface area contributed by atoms with Gasteiger partial charge < -0.3 is 15.2 Å². The maximum atomic E-state index is 10.4. The van der Waals surface area contributed by atoms with Crippen LogP contribution < -0.4 is 5.32 Å². The smallest absolute Gasteiger partial charge is 0.110 e. The van der Waals surface area contributed by atoms with Gasteiger partial charge in [0.25, 0.3) is 0 Å². The van der Waals surface area contributed by atoms with E-state index in [0.29, 0.717) is 13.2 Å². The summed E-state index contributed by atoms with van der Waals surface area (Å²) in [5, 5.41) is 13.7. The van der Waals surface area contributed by atoms with Gasteiger partial charge in [-0.25, -0.2) is 0 Å². The predicted octanol–water partition coefficient (Wildman–Crippen LogP) is 0.772.